The molecule has 0 radical (unpaired) electrons. The molecule has 9 heteroatoms. The van der Waals surface area contributed by atoms with Gasteiger partial charge in [0.1, 0.15) is 10.6 Å². The van der Waals surface area contributed by atoms with Crippen molar-refractivity contribution in [2.45, 2.75) is 29.7 Å². The molecule has 1 N–H and O–H groups in total. The smallest absolute Gasteiger partial charge is 0.265 e. The van der Waals surface area contributed by atoms with E-state index in [1.807, 2.05) is 0 Å². The van der Waals surface area contributed by atoms with Crippen LogP contribution in [0.3, 0.4) is 0 Å². The quantitative estimate of drug-likeness (QED) is 0.823. The lowest BCUT2D eigenvalue weighted by atomic mass is 10.3. The van der Waals surface area contributed by atoms with Crippen molar-refractivity contribution in [2.75, 3.05) is 7.11 Å². The highest BCUT2D eigenvalue weighted by molar-refractivity contribution is 8.13. The number of ether oxygens (including phenoxy) is 1. The molecule has 0 aliphatic carbocycles. The second kappa shape index (κ2) is 5.66. The Hall–Kier alpha value is -0.830. The van der Waals surface area contributed by atoms with E-state index >= 15 is 0 Å². The van der Waals surface area contributed by atoms with Gasteiger partial charge in [-0.1, -0.05) is 0 Å². The summed E-state index contributed by atoms with van der Waals surface area (Å²) in [6.07, 6.45) is 0. The minimum absolute atomic E-state index is 0.0153. The van der Waals surface area contributed by atoms with Crippen LogP contribution in [0.15, 0.2) is 28.0 Å². The van der Waals surface area contributed by atoms with Gasteiger partial charge in [0.05, 0.1) is 12.0 Å². The van der Waals surface area contributed by atoms with Crippen molar-refractivity contribution in [3.63, 3.8) is 0 Å². The van der Waals surface area contributed by atoms with Crippen LogP contribution in [0.2, 0.25) is 0 Å². The van der Waals surface area contributed by atoms with E-state index in [2.05, 4.69) is 4.72 Å². The summed E-state index contributed by atoms with van der Waals surface area (Å²) in [6.45, 7) is 3.31. The van der Waals surface area contributed by atoms with Crippen LogP contribution in [0.1, 0.15) is 13.8 Å². The van der Waals surface area contributed by atoms with E-state index in [0.717, 1.165) is 6.07 Å². The Bertz CT molecular complexity index is 667. The maximum absolute atomic E-state index is 11.9. The predicted molar refractivity (Wildman–Crippen MR) is 71.5 cm³/mol. The van der Waals surface area contributed by atoms with Gasteiger partial charge in [-0.15, -0.1) is 0 Å². The van der Waals surface area contributed by atoms with Gasteiger partial charge in [0, 0.05) is 16.7 Å². The number of sulfonamides is 1. The molecule has 0 spiro atoms. The fraction of sp³-hybridized carbons (Fsp3) is 0.400. The summed E-state index contributed by atoms with van der Waals surface area (Å²) < 4.78 is 53.8. The number of rotatable bonds is 5. The monoisotopic (exact) mass is 327 g/mol. The number of benzene rings is 1. The van der Waals surface area contributed by atoms with E-state index in [-0.39, 0.29) is 21.6 Å². The summed E-state index contributed by atoms with van der Waals surface area (Å²) in [5, 5.41) is 0. The van der Waals surface area contributed by atoms with Crippen LogP contribution < -0.4 is 9.46 Å². The maximum atomic E-state index is 11.9. The molecule has 0 bridgehead atoms. The highest BCUT2D eigenvalue weighted by Gasteiger charge is 2.22. The number of methoxy groups -OCH3 is 1. The first-order valence-electron chi connectivity index (χ1n) is 5.23. The van der Waals surface area contributed by atoms with Crippen molar-refractivity contribution < 1.29 is 21.6 Å². The molecule has 0 saturated heterocycles. The third kappa shape index (κ3) is 4.07. The highest BCUT2D eigenvalue weighted by Crippen LogP contribution is 2.29. The largest absolute Gasteiger partial charge is 0.495 e. The molecule has 0 atom stereocenters. The molecule has 0 heterocycles. The Labute approximate surface area is 117 Å². The summed E-state index contributed by atoms with van der Waals surface area (Å²) in [5.74, 6) is -0.0153. The molecule has 6 nitrogen and oxygen atoms in total. The summed E-state index contributed by atoms with van der Waals surface area (Å²) in [7, 11) is -1.39. The van der Waals surface area contributed by atoms with Gasteiger partial charge in [0.15, 0.2) is 0 Å². The zero-order valence-corrected chi connectivity index (χ0v) is 12.9. The van der Waals surface area contributed by atoms with Gasteiger partial charge in [-0.25, -0.2) is 21.6 Å². The topological polar surface area (TPSA) is 89.5 Å². The molecular weight excluding hydrogens is 314 g/mol. The maximum Gasteiger partial charge on any atom is 0.265 e. The molecule has 1 aromatic carbocycles. The molecule has 0 unspecified atom stereocenters. The molecule has 0 aliphatic rings. The first kappa shape index (κ1) is 16.2. The average Bonchev–Trinajstić information content (AvgIpc) is 2.25. The third-order valence-corrected chi connectivity index (χ3v) is 5.10. The van der Waals surface area contributed by atoms with Gasteiger partial charge in [0.2, 0.25) is 10.0 Å². The molecule has 0 aliphatic heterocycles. The van der Waals surface area contributed by atoms with Crippen LogP contribution in [0.4, 0.5) is 0 Å². The molecule has 0 amide bonds. The Morgan fingerprint density at radius 3 is 2.21 bits per heavy atom. The first-order valence-corrected chi connectivity index (χ1v) is 9.02. The van der Waals surface area contributed by atoms with Gasteiger partial charge in [-0.3, -0.25) is 0 Å². The normalized spacial score (nSPS) is 12.7. The molecule has 0 saturated carbocycles. The van der Waals surface area contributed by atoms with Crippen LogP contribution in [-0.2, 0) is 19.1 Å². The molecule has 0 aromatic heterocycles. The third-order valence-electron chi connectivity index (χ3n) is 2.10. The lowest BCUT2D eigenvalue weighted by Crippen LogP contribution is -2.30. The molecule has 0 fully saturated rings. The number of halogens is 1. The second-order valence-electron chi connectivity index (χ2n) is 4.03. The lowest BCUT2D eigenvalue weighted by molar-refractivity contribution is 0.402. The molecular formula is C10H14ClNO5S2. The van der Waals surface area contributed by atoms with E-state index in [1.54, 1.807) is 13.8 Å². The van der Waals surface area contributed by atoms with Crippen molar-refractivity contribution in [2.24, 2.45) is 0 Å². The Balaban J connectivity index is 3.43. The number of hydrogen-bond acceptors (Lipinski definition) is 5. The van der Waals surface area contributed by atoms with Gasteiger partial charge in [0.25, 0.3) is 9.05 Å². The molecule has 1 aromatic rings. The molecule has 108 valence electrons. The van der Waals surface area contributed by atoms with E-state index in [0.29, 0.717) is 0 Å². The van der Waals surface area contributed by atoms with Crippen LogP contribution in [-0.4, -0.2) is 30.0 Å². The second-order valence-corrected chi connectivity index (χ2v) is 8.27. The van der Waals surface area contributed by atoms with Crippen LogP contribution in [0, 0.1) is 0 Å². The fourth-order valence-electron chi connectivity index (χ4n) is 1.39. The average molecular weight is 328 g/mol. The standard InChI is InChI=1S/C10H14ClNO5S2/c1-7(2)12-19(15,16)8-4-5-9(17-3)10(6-8)18(11,13)14/h4-7,12H,1-3H3. The molecule has 19 heavy (non-hydrogen) atoms. The Kier molecular flexibility index (Phi) is 4.83. The van der Waals surface area contributed by atoms with Gasteiger partial charge in [-0.2, -0.15) is 0 Å². The minimum Gasteiger partial charge on any atom is -0.495 e. The summed E-state index contributed by atoms with van der Waals surface area (Å²) in [4.78, 5) is -0.579. The number of hydrogen-bond donors (Lipinski definition) is 1. The van der Waals surface area contributed by atoms with Crippen LogP contribution in [0.5, 0.6) is 5.75 Å². The van der Waals surface area contributed by atoms with Gasteiger partial charge in [-0.05, 0) is 32.0 Å². The lowest BCUT2D eigenvalue weighted by Gasteiger charge is -2.11. The first-order chi connectivity index (χ1) is 8.58. The fourth-order valence-corrected chi connectivity index (χ4v) is 3.77. The van der Waals surface area contributed by atoms with Crippen molar-refractivity contribution in [3.8, 4) is 5.75 Å². The Morgan fingerprint density at radius 1 is 1.21 bits per heavy atom. The van der Waals surface area contributed by atoms with E-state index in [1.165, 1.54) is 19.2 Å². The van der Waals surface area contributed by atoms with E-state index in [9.17, 15) is 16.8 Å². The zero-order valence-electron chi connectivity index (χ0n) is 10.5. The molecule has 1 rings (SSSR count). The van der Waals surface area contributed by atoms with Gasteiger partial charge >= 0.3 is 0 Å². The SMILES string of the molecule is COc1ccc(S(=O)(=O)NC(C)C)cc1S(=O)(=O)Cl. The van der Waals surface area contributed by atoms with Crippen molar-refractivity contribution in [3.05, 3.63) is 18.2 Å². The highest BCUT2D eigenvalue weighted by atomic mass is 35.7. The minimum atomic E-state index is -4.10. The van der Waals surface area contributed by atoms with Crippen molar-refractivity contribution in [1.82, 2.24) is 4.72 Å². The summed E-state index contributed by atoms with van der Waals surface area (Å²) in [6, 6.07) is 3.13. The number of nitrogens with one attached hydrogen (secondary N) is 1. The summed E-state index contributed by atoms with van der Waals surface area (Å²) in [5.41, 5.74) is 0. The van der Waals surface area contributed by atoms with Gasteiger partial charge < -0.3 is 4.74 Å². The van der Waals surface area contributed by atoms with Crippen molar-refractivity contribution >= 4 is 29.8 Å². The van der Waals surface area contributed by atoms with Crippen molar-refractivity contribution in [1.29, 1.82) is 0 Å². The van der Waals surface area contributed by atoms with Crippen LogP contribution >= 0.6 is 10.7 Å². The van der Waals surface area contributed by atoms with E-state index in [4.69, 9.17) is 15.4 Å². The van der Waals surface area contributed by atoms with Crippen LogP contribution in [0.25, 0.3) is 0 Å². The Morgan fingerprint density at radius 2 is 1.79 bits per heavy atom. The summed E-state index contributed by atoms with van der Waals surface area (Å²) >= 11 is 0. The predicted octanol–water partition coefficient (Wildman–Crippen LogP) is 1.31. The van der Waals surface area contributed by atoms with E-state index < -0.39 is 19.1 Å². The zero-order chi connectivity index (χ0) is 14.8.